The number of H-pyrrole nitrogens is 1. The van der Waals surface area contributed by atoms with E-state index in [1.54, 1.807) is 17.7 Å². The summed E-state index contributed by atoms with van der Waals surface area (Å²) in [5.74, 6) is 2.47. The number of thioether (sulfide) groups is 1. The van der Waals surface area contributed by atoms with Gasteiger partial charge in [0.15, 0.2) is 0 Å². The lowest BCUT2D eigenvalue weighted by atomic mass is 9.53. The van der Waals surface area contributed by atoms with Crippen LogP contribution in [-0.4, -0.2) is 61.6 Å². The van der Waals surface area contributed by atoms with Gasteiger partial charge in [0.05, 0.1) is 30.0 Å². The molecule has 0 aromatic carbocycles. The summed E-state index contributed by atoms with van der Waals surface area (Å²) in [7, 11) is 0. The van der Waals surface area contributed by atoms with Crippen molar-refractivity contribution in [1.29, 1.82) is 0 Å². The SMILES string of the molecule is C[C@H](C(=O)N1CCSCC1)C1CC[C@@]2(C)Cc3sc(-c4cnc[nH]4)nc3[C@@H](C)[C@@H]2[C@H]1O. The number of rotatable bonds is 3. The molecule has 2 fully saturated rings. The Morgan fingerprint density at radius 3 is 2.87 bits per heavy atom. The first kappa shape index (κ1) is 21.5. The summed E-state index contributed by atoms with van der Waals surface area (Å²) in [4.78, 5) is 28.8. The maximum absolute atomic E-state index is 13.2. The number of nitrogens with zero attached hydrogens (tertiary/aromatic N) is 3. The Labute approximate surface area is 192 Å². The zero-order chi connectivity index (χ0) is 21.8. The maximum Gasteiger partial charge on any atom is 0.225 e. The highest BCUT2D eigenvalue weighted by atomic mass is 32.2. The smallest absolute Gasteiger partial charge is 0.225 e. The molecule has 0 radical (unpaired) electrons. The number of hydrogen-bond acceptors (Lipinski definition) is 6. The zero-order valence-electron chi connectivity index (χ0n) is 18.5. The molecular formula is C23H32N4O2S2. The van der Waals surface area contributed by atoms with Crippen molar-refractivity contribution in [3.63, 3.8) is 0 Å². The van der Waals surface area contributed by atoms with Crippen LogP contribution in [0.3, 0.4) is 0 Å². The third kappa shape index (κ3) is 3.64. The lowest BCUT2D eigenvalue weighted by Crippen LogP contribution is -2.54. The number of carbonyl (C=O) groups is 1. The minimum Gasteiger partial charge on any atom is -0.392 e. The first-order valence-corrected chi connectivity index (χ1v) is 13.4. The molecule has 2 aromatic rings. The Hall–Kier alpha value is -1.38. The Morgan fingerprint density at radius 1 is 1.39 bits per heavy atom. The van der Waals surface area contributed by atoms with Gasteiger partial charge in [0.25, 0.3) is 0 Å². The summed E-state index contributed by atoms with van der Waals surface area (Å²) >= 11 is 3.67. The van der Waals surface area contributed by atoms with E-state index in [2.05, 4.69) is 23.8 Å². The molecule has 1 saturated heterocycles. The van der Waals surface area contributed by atoms with Crippen molar-refractivity contribution in [1.82, 2.24) is 19.9 Å². The molecule has 5 rings (SSSR count). The van der Waals surface area contributed by atoms with E-state index in [0.29, 0.717) is 0 Å². The van der Waals surface area contributed by atoms with Gasteiger partial charge in [0, 0.05) is 41.3 Å². The number of aliphatic hydroxyl groups is 1. The number of fused-ring (bicyclic) bond motifs is 2. The largest absolute Gasteiger partial charge is 0.392 e. The predicted molar refractivity (Wildman–Crippen MR) is 125 cm³/mol. The summed E-state index contributed by atoms with van der Waals surface area (Å²) in [6.07, 6.45) is 5.96. The van der Waals surface area contributed by atoms with Crippen molar-refractivity contribution in [2.45, 2.75) is 52.1 Å². The highest BCUT2D eigenvalue weighted by molar-refractivity contribution is 7.99. The van der Waals surface area contributed by atoms with Gasteiger partial charge in [-0.15, -0.1) is 11.3 Å². The van der Waals surface area contributed by atoms with E-state index in [-0.39, 0.29) is 35.0 Å². The first-order valence-electron chi connectivity index (χ1n) is 11.4. The van der Waals surface area contributed by atoms with Crippen molar-refractivity contribution >= 4 is 29.0 Å². The second-order valence-electron chi connectivity index (χ2n) is 9.86. The van der Waals surface area contributed by atoms with Gasteiger partial charge >= 0.3 is 0 Å². The number of thiazole rings is 1. The Bertz CT molecular complexity index is 940. The summed E-state index contributed by atoms with van der Waals surface area (Å²) in [5, 5.41) is 12.6. The molecule has 3 aliphatic rings. The lowest BCUT2D eigenvalue weighted by Gasteiger charge is -2.53. The number of nitrogens with one attached hydrogen (secondary N) is 1. The molecule has 1 aliphatic heterocycles. The molecule has 31 heavy (non-hydrogen) atoms. The van der Waals surface area contributed by atoms with E-state index in [0.717, 1.165) is 60.3 Å². The fourth-order valence-electron chi connectivity index (χ4n) is 6.29. The second kappa shape index (κ2) is 8.19. The molecule has 168 valence electrons. The fraction of sp³-hybridized carbons (Fsp3) is 0.696. The Morgan fingerprint density at radius 2 is 2.16 bits per heavy atom. The normalized spacial score (nSPS) is 34.1. The number of hydrogen-bond donors (Lipinski definition) is 2. The number of imidazole rings is 1. The quantitative estimate of drug-likeness (QED) is 0.728. The summed E-state index contributed by atoms with van der Waals surface area (Å²) in [5.41, 5.74) is 2.13. The molecule has 2 aromatic heterocycles. The molecular weight excluding hydrogens is 428 g/mol. The van der Waals surface area contributed by atoms with E-state index in [1.165, 1.54) is 4.88 Å². The van der Waals surface area contributed by atoms with Gasteiger partial charge in [-0.05, 0) is 36.5 Å². The van der Waals surface area contributed by atoms with E-state index in [4.69, 9.17) is 4.98 Å². The van der Waals surface area contributed by atoms with Crippen molar-refractivity contribution in [2.24, 2.45) is 23.2 Å². The molecule has 0 spiro atoms. The van der Waals surface area contributed by atoms with E-state index < -0.39 is 6.10 Å². The number of aliphatic hydroxyl groups excluding tert-OH is 1. The molecule has 1 amide bonds. The van der Waals surface area contributed by atoms with Gasteiger partial charge in [-0.2, -0.15) is 11.8 Å². The lowest BCUT2D eigenvalue weighted by molar-refractivity contribution is -0.144. The van der Waals surface area contributed by atoms with Gasteiger partial charge in [-0.3, -0.25) is 4.79 Å². The molecule has 3 heterocycles. The van der Waals surface area contributed by atoms with Crippen molar-refractivity contribution in [2.75, 3.05) is 24.6 Å². The van der Waals surface area contributed by atoms with Crippen LogP contribution in [-0.2, 0) is 11.2 Å². The molecule has 6 atom stereocenters. The summed E-state index contributed by atoms with van der Waals surface area (Å²) < 4.78 is 0. The molecule has 8 heteroatoms. The maximum atomic E-state index is 13.2. The minimum atomic E-state index is -0.475. The summed E-state index contributed by atoms with van der Waals surface area (Å²) in [6.45, 7) is 8.27. The van der Waals surface area contributed by atoms with Crippen molar-refractivity contribution in [3.05, 3.63) is 23.1 Å². The molecule has 1 saturated carbocycles. The van der Waals surface area contributed by atoms with Crippen LogP contribution in [0.5, 0.6) is 0 Å². The average molecular weight is 461 g/mol. The monoisotopic (exact) mass is 460 g/mol. The molecule has 6 nitrogen and oxygen atoms in total. The number of aromatic nitrogens is 3. The van der Waals surface area contributed by atoms with E-state index >= 15 is 0 Å². The van der Waals surface area contributed by atoms with Crippen LogP contribution in [0.15, 0.2) is 12.5 Å². The summed E-state index contributed by atoms with van der Waals surface area (Å²) in [6, 6.07) is 0. The number of carbonyl (C=O) groups excluding carboxylic acids is 1. The van der Waals surface area contributed by atoms with Crippen molar-refractivity contribution in [3.8, 4) is 10.7 Å². The topological polar surface area (TPSA) is 82.1 Å². The van der Waals surface area contributed by atoms with Crippen molar-refractivity contribution < 1.29 is 9.90 Å². The van der Waals surface area contributed by atoms with Crippen LogP contribution in [0.4, 0.5) is 0 Å². The molecule has 1 unspecified atom stereocenters. The van der Waals surface area contributed by atoms with E-state index in [1.807, 2.05) is 29.8 Å². The van der Waals surface area contributed by atoms with Gasteiger partial charge in [0.2, 0.25) is 5.91 Å². The van der Waals surface area contributed by atoms with Gasteiger partial charge in [0.1, 0.15) is 5.01 Å². The average Bonchev–Trinajstić information content (AvgIpc) is 3.43. The number of aromatic amines is 1. The molecule has 2 N–H and O–H groups in total. The van der Waals surface area contributed by atoms with Crippen LogP contribution in [0, 0.1) is 23.2 Å². The zero-order valence-corrected chi connectivity index (χ0v) is 20.1. The van der Waals surface area contributed by atoms with Crippen LogP contribution >= 0.6 is 23.1 Å². The number of amides is 1. The van der Waals surface area contributed by atoms with Gasteiger partial charge < -0.3 is 15.0 Å². The third-order valence-corrected chi connectivity index (χ3v) is 10.1. The standard InChI is InChI=1S/C23H32N4O2S2/c1-13(22(29)27-6-8-30-9-7-27)15-4-5-23(3)10-17-19(14(2)18(23)20(15)28)26-21(31-17)16-11-24-12-25-16/h11-15,18,20,28H,4-10H2,1-3H3,(H,24,25)/t13-,14-,15?,18+,20-,23-/m0/s1. The van der Waals surface area contributed by atoms with Gasteiger partial charge in [-0.1, -0.05) is 20.8 Å². The minimum absolute atomic E-state index is 0.0230. The van der Waals surface area contributed by atoms with Crippen LogP contribution in [0.1, 0.15) is 50.1 Å². The highest BCUT2D eigenvalue weighted by Gasteiger charge is 2.54. The highest BCUT2D eigenvalue weighted by Crippen LogP contribution is 2.57. The third-order valence-electron chi connectivity index (χ3n) is 8.01. The Balaban J connectivity index is 1.40. The Kier molecular flexibility index (Phi) is 5.67. The predicted octanol–water partition coefficient (Wildman–Crippen LogP) is 3.80. The second-order valence-corrected chi connectivity index (χ2v) is 12.2. The van der Waals surface area contributed by atoms with Crippen LogP contribution < -0.4 is 0 Å². The molecule has 2 aliphatic carbocycles. The van der Waals surface area contributed by atoms with Gasteiger partial charge in [-0.25, -0.2) is 9.97 Å². The van der Waals surface area contributed by atoms with Crippen LogP contribution in [0.2, 0.25) is 0 Å². The first-order chi connectivity index (χ1) is 14.9. The van der Waals surface area contributed by atoms with Crippen LogP contribution in [0.25, 0.3) is 10.7 Å². The van der Waals surface area contributed by atoms with E-state index in [9.17, 15) is 9.90 Å². The molecule has 0 bridgehead atoms. The fourth-order valence-corrected chi connectivity index (χ4v) is 8.53.